The summed E-state index contributed by atoms with van der Waals surface area (Å²) < 4.78 is 1.57. The molecule has 1 aromatic heterocycles. The lowest BCUT2D eigenvalue weighted by molar-refractivity contribution is -0.119. The maximum absolute atomic E-state index is 11.0. The number of nitrogens with one attached hydrogen (secondary N) is 1. The topological polar surface area (TPSA) is 59.8 Å². The molecule has 1 aromatic rings. The Balaban J connectivity index is 2.53. The number of rotatable bonds is 5. The van der Waals surface area contributed by atoms with Crippen LogP contribution in [0.2, 0.25) is 0 Å². The Bertz CT molecular complexity index is 281. The van der Waals surface area contributed by atoms with Gasteiger partial charge in [0.15, 0.2) is 5.78 Å². The zero-order valence-corrected chi connectivity index (χ0v) is 7.95. The van der Waals surface area contributed by atoms with Crippen molar-refractivity contribution in [3.8, 4) is 0 Å². The summed E-state index contributed by atoms with van der Waals surface area (Å²) in [7, 11) is 1.84. The van der Waals surface area contributed by atoms with E-state index in [9.17, 15) is 4.79 Å². The van der Waals surface area contributed by atoms with Gasteiger partial charge < -0.3 is 5.32 Å². The molecule has 0 aliphatic rings. The van der Waals surface area contributed by atoms with Crippen LogP contribution in [-0.2, 0) is 17.9 Å². The van der Waals surface area contributed by atoms with Gasteiger partial charge in [-0.3, -0.25) is 4.79 Å². The fourth-order valence-corrected chi connectivity index (χ4v) is 0.970. The Labute approximate surface area is 77.1 Å². The van der Waals surface area contributed by atoms with Gasteiger partial charge in [-0.25, -0.2) is 4.68 Å². The van der Waals surface area contributed by atoms with Crippen LogP contribution in [0, 0.1) is 0 Å². The molecule has 0 aliphatic carbocycles. The fraction of sp³-hybridized carbons (Fsp3) is 0.625. The zero-order valence-electron chi connectivity index (χ0n) is 7.95. The molecule has 0 bridgehead atoms. The standard InChI is InChI=1S/C8H14N4O/c1-3-8(13)6-12-5-7(4-9-2)10-11-12/h5,9H,3-4,6H2,1-2H3. The number of ketones is 1. The van der Waals surface area contributed by atoms with Crippen LogP contribution in [0.4, 0.5) is 0 Å². The van der Waals surface area contributed by atoms with Crippen molar-refractivity contribution in [3.05, 3.63) is 11.9 Å². The van der Waals surface area contributed by atoms with E-state index in [4.69, 9.17) is 0 Å². The largest absolute Gasteiger partial charge is 0.314 e. The van der Waals surface area contributed by atoms with Crippen LogP contribution in [0.1, 0.15) is 19.0 Å². The smallest absolute Gasteiger partial charge is 0.154 e. The first kappa shape index (κ1) is 9.85. The number of carbonyl (C=O) groups excluding carboxylic acids is 1. The monoisotopic (exact) mass is 182 g/mol. The highest BCUT2D eigenvalue weighted by Gasteiger charge is 2.02. The van der Waals surface area contributed by atoms with Crippen molar-refractivity contribution >= 4 is 5.78 Å². The Morgan fingerprint density at radius 2 is 2.46 bits per heavy atom. The van der Waals surface area contributed by atoms with Crippen molar-refractivity contribution in [1.82, 2.24) is 20.3 Å². The number of carbonyl (C=O) groups is 1. The fourth-order valence-electron chi connectivity index (χ4n) is 0.970. The van der Waals surface area contributed by atoms with Crippen LogP contribution in [-0.4, -0.2) is 27.8 Å². The SMILES string of the molecule is CCC(=O)Cn1cc(CNC)nn1. The third-order valence-electron chi connectivity index (χ3n) is 1.68. The molecule has 0 aliphatic heterocycles. The molecular weight excluding hydrogens is 168 g/mol. The number of hydrogen-bond donors (Lipinski definition) is 1. The minimum Gasteiger partial charge on any atom is -0.314 e. The summed E-state index contributed by atoms with van der Waals surface area (Å²) in [6.45, 7) is 2.85. The highest BCUT2D eigenvalue weighted by molar-refractivity contribution is 5.77. The molecule has 1 heterocycles. The number of Topliss-reactive ketones (excluding diaryl/α,β-unsaturated/α-hetero) is 1. The van der Waals surface area contributed by atoms with Gasteiger partial charge in [0.05, 0.1) is 11.9 Å². The van der Waals surface area contributed by atoms with Gasteiger partial charge in [0.25, 0.3) is 0 Å². The molecule has 0 amide bonds. The van der Waals surface area contributed by atoms with Crippen molar-refractivity contribution in [2.75, 3.05) is 7.05 Å². The third-order valence-corrected chi connectivity index (χ3v) is 1.68. The van der Waals surface area contributed by atoms with Gasteiger partial charge >= 0.3 is 0 Å². The number of aromatic nitrogens is 3. The number of nitrogens with zero attached hydrogens (tertiary/aromatic N) is 3. The van der Waals surface area contributed by atoms with Crippen molar-refractivity contribution < 1.29 is 4.79 Å². The summed E-state index contributed by atoms with van der Waals surface area (Å²) in [4.78, 5) is 11.0. The molecule has 1 N–H and O–H groups in total. The van der Waals surface area contributed by atoms with Crippen molar-refractivity contribution in [1.29, 1.82) is 0 Å². The minimum absolute atomic E-state index is 0.168. The zero-order chi connectivity index (χ0) is 9.68. The molecule has 0 radical (unpaired) electrons. The lowest BCUT2D eigenvalue weighted by atomic mass is 10.3. The van der Waals surface area contributed by atoms with Crippen LogP contribution in [0.5, 0.6) is 0 Å². The van der Waals surface area contributed by atoms with Crippen LogP contribution in [0.15, 0.2) is 6.20 Å². The van der Waals surface area contributed by atoms with Gasteiger partial charge in [-0.15, -0.1) is 5.10 Å². The molecule has 0 saturated carbocycles. The first-order chi connectivity index (χ1) is 6.26. The Morgan fingerprint density at radius 1 is 1.69 bits per heavy atom. The lowest BCUT2D eigenvalue weighted by Gasteiger charge is -1.95. The van der Waals surface area contributed by atoms with E-state index >= 15 is 0 Å². The minimum atomic E-state index is 0.168. The van der Waals surface area contributed by atoms with Gasteiger partial charge in [-0.2, -0.15) is 0 Å². The van der Waals surface area contributed by atoms with Gasteiger partial charge in [0.2, 0.25) is 0 Å². The van der Waals surface area contributed by atoms with E-state index in [1.165, 1.54) is 0 Å². The van der Waals surface area contributed by atoms with Gasteiger partial charge in [0, 0.05) is 13.0 Å². The molecule has 13 heavy (non-hydrogen) atoms. The second kappa shape index (κ2) is 4.71. The quantitative estimate of drug-likeness (QED) is 0.695. The second-order valence-corrected chi connectivity index (χ2v) is 2.83. The van der Waals surface area contributed by atoms with E-state index in [0.717, 1.165) is 5.69 Å². The summed E-state index contributed by atoms with van der Waals surface area (Å²) in [6.07, 6.45) is 2.32. The molecule has 0 saturated heterocycles. The summed E-state index contributed by atoms with van der Waals surface area (Å²) in [6, 6.07) is 0. The molecule has 5 heteroatoms. The molecule has 72 valence electrons. The molecule has 5 nitrogen and oxygen atoms in total. The van der Waals surface area contributed by atoms with Crippen LogP contribution in [0.3, 0.4) is 0 Å². The summed E-state index contributed by atoms with van der Waals surface area (Å²) in [5.41, 5.74) is 0.853. The third kappa shape index (κ3) is 2.95. The predicted octanol–water partition coefficient (Wildman–Crippen LogP) is -0.0234. The van der Waals surface area contributed by atoms with Crippen molar-refractivity contribution in [2.45, 2.75) is 26.4 Å². The maximum atomic E-state index is 11.0. The Morgan fingerprint density at radius 3 is 3.08 bits per heavy atom. The van der Waals surface area contributed by atoms with Crippen molar-refractivity contribution in [2.24, 2.45) is 0 Å². The molecule has 0 aromatic carbocycles. The Kier molecular flexibility index (Phi) is 3.57. The summed E-state index contributed by atoms with van der Waals surface area (Å²) in [5, 5.41) is 10.7. The molecule has 0 fully saturated rings. The number of hydrogen-bond acceptors (Lipinski definition) is 4. The van der Waals surface area contributed by atoms with Gasteiger partial charge in [-0.05, 0) is 7.05 Å². The van der Waals surface area contributed by atoms with Crippen LogP contribution >= 0.6 is 0 Å². The maximum Gasteiger partial charge on any atom is 0.154 e. The highest BCUT2D eigenvalue weighted by atomic mass is 16.1. The molecule has 1 rings (SSSR count). The van der Waals surface area contributed by atoms with E-state index in [0.29, 0.717) is 19.5 Å². The first-order valence-electron chi connectivity index (χ1n) is 4.31. The van der Waals surface area contributed by atoms with E-state index in [2.05, 4.69) is 15.6 Å². The van der Waals surface area contributed by atoms with E-state index in [1.54, 1.807) is 10.9 Å². The van der Waals surface area contributed by atoms with E-state index in [1.807, 2.05) is 14.0 Å². The molecule has 0 spiro atoms. The molecular formula is C8H14N4O. The van der Waals surface area contributed by atoms with Gasteiger partial charge in [0.1, 0.15) is 6.54 Å². The molecule has 0 unspecified atom stereocenters. The summed E-state index contributed by atoms with van der Waals surface area (Å²) >= 11 is 0. The van der Waals surface area contributed by atoms with Crippen LogP contribution < -0.4 is 5.32 Å². The van der Waals surface area contributed by atoms with E-state index < -0.39 is 0 Å². The highest BCUT2D eigenvalue weighted by Crippen LogP contribution is 1.93. The second-order valence-electron chi connectivity index (χ2n) is 2.83. The van der Waals surface area contributed by atoms with Crippen molar-refractivity contribution in [3.63, 3.8) is 0 Å². The summed E-state index contributed by atoms with van der Waals surface area (Å²) in [5.74, 6) is 0.168. The Hall–Kier alpha value is -1.23. The van der Waals surface area contributed by atoms with Crippen LogP contribution in [0.25, 0.3) is 0 Å². The lowest BCUT2D eigenvalue weighted by Crippen LogP contribution is -2.09. The van der Waals surface area contributed by atoms with Gasteiger partial charge in [-0.1, -0.05) is 12.1 Å². The average molecular weight is 182 g/mol. The van der Waals surface area contributed by atoms with E-state index in [-0.39, 0.29) is 5.78 Å². The molecule has 0 atom stereocenters. The normalized spacial score (nSPS) is 10.3. The first-order valence-corrected chi connectivity index (χ1v) is 4.31. The average Bonchev–Trinajstić information content (AvgIpc) is 2.53. The predicted molar refractivity (Wildman–Crippen MR) is 48.1 cm³/mol.